The number of carbonyl (C=O) groups excluding carboxylic acids is 1. The second-order valence-electron chi connectivity index (χ2n) is 4.40. The minimum atomic E-state index is -0.899. The van der Waals surface area contributed by atoms with Crippen molar-refractivity contribution in [1.29, 1.82) is 0 Å². The van der Waals surface area contributed by atoms with Crippen LogP contribution >= 0.6 is 0 Å². The molecule has 0 heterocycles. The first kappa shape index (κ1) is 14.6. The summed E-state index contributed by atoms with van der Waals surface area (Å²) in [5.74, 6) is 0.504. The normalized spacial score (nSPS) is 13.6. The third kappa shape index (κ3) is 7.50. The van der Waals surface area contributed by atoms with Gasteiger partial charge in [-0.25, -0.2) is 0 Å². The number of nitrogens with one attached hydrogen (secondary N) is 1. The monoisotopic (exact) mass is 234 g/mol. The van der Waals surface area contributed by atoms with Crippen molar-refractivity contribution < 1.29 is 9.00 Å². The Morgan fingerprint density at radius 2 is 2.00 bits per heavy atom. The number of amides is 1. The first-order valence-corrected chi connectivity index (χ1v) is 6.55. The molecule has 0 radical (unpaired) electrons. The van der Waals surface area contributed by atoms with Crippen LogP contribution in [0.4, 0.5) is 0 Å². The molecule has 0 spiro atoms. The molecule has 4 nitrogen and oxygen atoms in total. The molecule has 0 saturated carbocycles. The molecule has 1 amide bonds. The third-order valence-electron chi connectivity index (χ3n) is 1.90. The Balaban J connectivity index is 3.62. The lowest BCUT2D eigenvalue weighted by Gasteiger charge is -2.17. The van der Waals surface area contributed by atoms with E-state index in [1.807, 2.05) is 20.8 Å². The predicted molar refractivity (Wildman–Crippen MR) is 64.1 cm³/mol. The quantitative estimate of drug-likeness (QED) is 0.698. The Morgan fingerprint density at radius 3 is 2.47 bits per heavy atom. The van der Waals surface area contributed by atoms with Crippen molar-refractivity contribution in [2.45, 2.75) is 38.4 Å². The van der Waals surface area contributed by atoms with Crippen molar-refractivity contribution in [2.24, 2.45) is 5.73 Å². The summed E-state index contributed by atoms with van der Waals surface area (Å²) in [6.07, 6.45) is 1.16. The molecule has 0 bridgehead atoms. The van der Waals surface area contributed by atoms with Crippen molar-refractivity contribution in [3.8, 4) is 0 Å². The topological polar surface area (TPSA) is 72.2 Å². The lowest BCUT2D eigenvalue weighted by Crippen LogP contribution is -2.32. The molecule has 90 valence electrons. The van der Waals surface area contributed by atoms with Crippen LogP contribution in [0.3, 0.4) is 0 Å². The summed E-state index contributed by atoms with van der Waals surface area (Å²) in [5, 5.41) is 2.73. The van der Waals surface area contributed by atoms with Crippen molar-refractivity contribution in [1.82, 2.24) is 5.32 Å². The molecule has 3 N–H and O–H groups in total. The molecule has 1 atom stereocenters. The van der Waals surface area contributed by atoms with Crippen LogP contribution in [-0.2, 0) is 15.6 Å². The molecule has 15 heavy (non-hydrogen) atoms. The average Bonchev–Trinajstić information content (AvgIpc) is 2.13. The van der Waals surface area contributed by atoms with Gasteiger partial charge in [-0.05, 0) is 33.7 Å². The second kappa shape index (κ2) is 6.95. The molecule has 0 aliphatic rings. The van der Waals surface area contributed by atoms with Crippen LogP contribution in [0.1, 0.15) is 33.6 Å². The Hall–Kier alpha value is -0.420. The zero-order chi connectivity index (χ0) is 11.9. The molecule has 0 saturated heterocycles. The first-order chi connectivity index (χ1) is 6.88. The number of hydrogen-bond acceptors (Lipinski definition) is 3. The molecule has 0 aliphatic heterocycles. The van der Waals surface area contributed by atoms with E-state index in [0.29, 0.717) is 31.7 Å². The SMILES string of the molecule is CC(C)(C)S(=O)CCNC(=O)CCCN. The van der Waals surface area contributed by atoms with E-state index in [2.05, 4.69) is 5.32 Å². The fourth-order valence-corrected chi connectivity index (χ4v) is 1.84. The maximum atomic E-state index is 11.6. The molecule has 1 unspecified atom stereocenters. The summed E-state index contributed by atoms with van der Waals surface area (Å²) in [6.45, 7) is 6.80. The Bertz CT molecular complexity index is 224. The van der Waals surface area contributed by atoms with E-state index in [0.717, 1.165) is 0 Å². The van der Waals surface area contributed by atoms with Gasteiger partial charge in [0.25, 0.3) is 0 Å². The molecule has 5 heteroatoms. The van der Waals surface area contributed by atoms with Crippen LogP contribution < -0.4 is 11.1 Å². The van der Waals surface area contributed by atoms with Crippen LogP contribution in [0, 0.1) is 0 Å². The van der Waals surface area contributed by atoms with Crippen LogP contribution in [0.25, 0.3) is 0 Å². The van der Waals surface area contributed by atoms with Crippen LogP contribution in [-0.4, -0.2) is 33.7 Å². The van der Waals surface area contributed by atoms with E-state index in [9.17, 15) is 9.00 Å². The number of nitrogens with two attached hydrogens (primary N) is 1. The van der Waals surface area contributed by atoms with Gasteiger partial charge < -0.3 is 11.1 Å². The summed E-state index contributed by atoms with van der Waals surface area (Å²) in [4.78, 5) is 11.2. The summed E-state index contributed by atoms with van der Waals surface area (Å²) in [6, 6.07) is 0. The highest BCUT2D eigenvalue weighted by atomic mass is 32.2. The number of rotatable bonds is 6. The van der Waals surface area contributed by atoms with Gasteiger partial charge in [0.05, 0.1) is 0 Å². The van der Waals surface area contributed by atoms with Gasteiger partial charge in [0.2, 0.25) is 5.91 Å². The van der Waals surface area contributed by atoms with E-state index in [-0.39, 0.29) is 10.7 Å². The molecule has 0 rings (SSSR count). The Morgan fingerprint density at radius 1 is 1.40 bits per heavy atom. The Labute approximate surface area is 94.4 Å². The molecular weight excluding hydrogens is 212 g/mol. The number of hydrogen-bond donors (Lipinski definition) is 2. The summed E-state index contributed by atoms with van der Waals surface area (Å²) in [5.41, 5.74) is 5.28. The van der Waals surface area contributed by atoms with E-state index >= 15 is 0 Å². The van der Waals surface area contributed by atoms with Gasteiger partial charge in [0.1, 0.15) is 0 Å². The molecule has 0 aromatic rings. The van der Waals surface area contributed by atoms with E-state index < -0.39 is 10.8 Å². The van der Waals surface area contributed by atoms with E-state index in [4.69, 9.17) is 5.73 Å². The first-order valence-electron chi connectivity index (χ1n) is 5.23. The van der Waals surface area contributed by atoms with Crippen molar-refractivity contribution in [3.05, 3.63) is 0 Å². The smallest absolute Gasteiger partial charge is 0.220 e. The van der Waals surface area contributed by atoms with Gasteiger partial charge in [-0.2, -0.15) is 0 Å². The van der Waals surface area contributed by atoms with Gasteiger partial charge in [0.15, 0.2) is 0 Å². The number of carbonyl (C=O) groups is 1. The second-order valence-corrected chi connectivity index (χ2v) is 6.73. The average molecular weight is 234 g/mol. The summed E-state index contributed by atoms with van der Waals surface area (Å²) < 4.78 is 11.4. The zero-order valence-corrected chi connectivity index (χ0v) is 10.7. The van der Waals surface area contributed by atoms with Crippen molar-refractivity contribution in [2.75, 3.05) is 18.8 Å². The van der Waals surface area contributed by atoms with Crippen LogP contribution in [0.5, 0.6) is 0 Å². The van der Waals surface area contributed by atoms with Gasteiger partial charge in [-0.3, -0.25) is 9.00 Å². The minimum absolute atomic E-state index is 0.00800. The summed E-state index contributed by atoms with van der Waals surface area (Å²) >= 11 is 0. The van der Waals surface area contributed by atoms with Gasteiger partial charge in [-0.15, -0.1) is 0 Å². The maximum absolute atomic E-state index is 11.6. The fourth-order valence-electron chi connectivity index (χ4n) is 0.940. The highest BCUT2D eigenvalue weighted by Crippen LogP contribution is 2.10. The van der Waals surface area contributed by atoms with E-state index in [1.165, 1.54) is 0 Å². The van der Waals surface area contributed by atoms with Crippen molar-refractivity contribution in [3.63, 3.8) is 0 Å². The van der Waals surface area contributed by atoms with Crippen LogP contribution in [0.15, 0.2) is 0 Å². The zero-order valence-electron chi connectivity index (χ0n) is 9.84. The standard InChI is InChI=1S/C10H22N2O2S/c1-10(2,3)15(14)8-7-12-9(13)5-4-6-11/h4-8,11H2,1-3H3,(H,12,13). The minimum Gasteiger partial charge on any atom is -0.355 e. The maximum Gasteiger partial charge on any atom is 0.220 e. The predicted octanol–water partition coefficient (Wildman–Crippen LogP) is 0.389. The molecule has 0 aliphatic carbocycles. The fraction of sp³-hybridized carbons (Fsp3) is 0.900. The lowest BCUT2D eigenvalue weighted by atomic mass is 10.3. The van der Waals surface area contributed by atoms with E-state index in [1.54, 1.807) is 0 Å². The molecule has 0 fully saturated rings. The van der Waals surface area contributed by atoms with Gasteiger partial charge in [0, 0.05) is 34.3 Å². The molecular formula is C10H22N2O2S. The molecule has 0 aromatic heterocycles. The largest absolute Gasteiger partial charge is 0.355 e. The Kier molecular flexibility index (Phi) is 6.76. The van der Waals surface area contributed by atoms with Crippen molar-refractivity contribution >= 4 is 16.7 Å². The van der Waals surface area contributed by atoms with Crippen LogP contribution in [0.2, 0.25) is 0 Å². The highest BCUT2D eigenvalue weighted by molar-refractivity contribution is 7.86. The molecule has 0 aromatic carbocycles. The van der Waals surface area contributed by atoms with Gasteiger partial charge >= 0.3 is 0 Å². The third-order valence-corrected chi connectivity index (χ3v) is 3.84. The lowest BCUT2D eigenvalue weighted by molar-refractivity contribution is -0.121. The van der Waals surface area contributed by atoms with Gasteiger partial charge in [-0.1, -0.05) is 0 Å². The highest BCUT2D eigenvalue weighted by Gasteiger charge is 2.18. The summed E-state index contributed by atoms with van der Waals surface area (Å²) in [7, 11) is -0.899.